The van der Waals surface area contributed by atoms with Gasteiger partial charge in [0.2, 0.25) is 0 Å². The Morgan fingerprint density at radius 1 is 1.45 bits per heavy atom. The number of rotatable bonds is 7. The summed E-state index contributed by atoms with van der Waals surface area (Å²) >= 11 is 0. The highest BCUT2D eigenvalue weighted by Gasteiger charge is 2.11. The molecule has 0 heterocycles. The zero-order valence-corrected chi connectivity index (χ0v) is 11.1. The summed E-state index contributed by atoms with van der Waals surface area (Å²) in [5, 5.41) is 11.0. The molecule has 0 atom stereocenters. The molecule has 0 unspecified atom stereocenters. The van der Waals surface area contributed by atoms with E-state index >= 15 is 0 Å². The van der Waals surface area contributed by atoms with Gasteiger partial charge in [0.05, 0.1) is 5.56 Å². The molecule has 0 saturated heterocycles. The molecule has 6 heteroatoms. The molecular formula is C14H16FNO4. The molecular weight excluding hydrogens is 265 g/mol. The van der Waals surface area contributed by atoms with E-state index in [4.69, 9.17) is 9.84 Å². The van der Waals surface area contributed by atoms with Crippen LogP contribution >= 0.6 is 0 Å². The fourth-order valence-electron chi connectivity index (χ4n) is 1.50. The molecule has 1 amide bonds. The van der Waals surface area contributed by atoms with Crippen LogP contribution in [-0.4, -0.2) is 37.2 Å². The molecule has 0 fully saturated rings. The number of amides is 1. The summed E-state index contributed by atoms with van der Waals surface area (Å²) in [5.74, 6) is -2.32. The number of nitrogens with one attached hydrogen (secondary N) is 1. The van der Waals surface area contributed by atoms with Crippen molar-refractivity contribution in [3.63, 3.8) is 0 Å². The van der Waals surface area contributed by atoms with Gasteiger partial charge in [0, 0.05) is 26.3 Å². The van der Waals surface area contributed by atoms with Crippen molar-refractivity contribution < 1.29 is 23.8 Å². The summed E-state index contributed by atoms with van der Waals surface area (Å²) in [4.78, 5) is 22.1. The highest BCUT2D eigenvalue weighted by Crippen LogP contribution is 2.12. The minimum Gasteiger partial charge on any atom is -0.478 e. The maximum absolute atomic E-state index is 13.7. The van der Waals surface area contributed by atoms with Gasteiger partial charge in [-0.25, -0.2) is 9.18 Å². The number of carbonyl (C=O) groups excluding carboxylic acids is 1. The van der Waals surface area contributed by atoms with Crippen LogP contribution < -0.4 is 5.32 Å². The average molecular weight is 281 g/mol. The van der Waals surface area contributed by atoms with E-state index in [1.807, 2.05) is 0 Å². The predicted molar refractivity (Wildman–Crippen MR) is 71.9 cm³/mol. The largest absolute Gasteiger partial charge is 0.478 e. The lowest BCUT2D eigenvalue weighted by molar-refractivity contribution is -0.131. The first-order chi connectivity index (χ1) is 9.54. The van der Waals surface area contributed by atoms with Crippen LogP contribution in [0.4, 0.5) is 4.39 Å². The molecule has 0 radical (unpaired) electrons. The fraction of sp³-hybridized carbons (Fsp3) is 0.286. The normalized spacial score (nSPS) is 10.7. The van der Waals surface area contributed by atoms with Gasteiger partial charge in [-0.15, -0.1) is 0 Å². The molecule has 1 rings (SSSR count). The third kappa shape index (κ3) is 5.19. The van der Waals surface area contributed by atoms with Crippen molar-refractivity contribution in [2.24, 2.45) is 0 Å². The quantitative estimate of drug-likeness (QED) is 0.589. The summed E-state index contributed by atoms with van der Waals surface area (Å²) in [6, 6.07) is 3.92. The maximum atomic E-state index is 13.7. The van der Waals surface area contributed by atoms with Gasteiger partial charge in [0.25, 0.3) is 5.91 Å². The molecule has 0 saturated carbocycles. The number of aliphatic carboxylic acids is 1. The van der Waals surface area contributed by atoms with Gasteiger partial charge in [-0.3, -0.25) is 4.79 Å². The second-order valence-electron chi connectivity index (χ2n) is 4.01. The number of benzene rings is 1. The van der Waals surface area contributed by atoms with E-state index in [9.17, 15) is 14.0 Å². The van der Waals surface area contributed by atoms with Gasteiger partial charge < -0.3 is 15.2 Å². The van der Waals surface area contributed by atoms with Crippen molar-refractivity contribution in [1.29, 1.82) is 0 Å². The van der Waals surface area contributed by atoms with Crippen LogP contribution in [0.3, 0.4) is 0 Å². The number of carboxylic acid groups (broad SMARTS) is 1. The molecule has 0 aromatic heterocycles. The number of halogens is 1. The number of carbonyl (C=O) groups is 2. The Hall–Kier alpha value is -2.21. The van der Waals surface area contributed by atoms with Crippen molar-refractivity contribution in [1.82, 2.24) is 5.32 Å². The SMILES string of the molecule is COCCCNC(=O)c1ccc(C=CC(=O)O)cc1F. The molecule has 0 aliphatic carbocycles. The summed E-state index contributed by atoms with van der Waals surface area (Å²) in [6.45, 7) is 0.911. The van der Waals surface area contributed by atoms with E-state index in [0.29, 0.717) is 25.1 Å². The summed E-state index contributed by atoms with van der Waals surface area (Å²) in [7, 11) is 1.56. The number of methoxy groups -OCH3 is 1. The monoisotopic (exact) mass is 281 g/mol. The molecule has 1 aromatic rings. The van der Waals surface area contributed by atoms with Crippen LogP contribution in [0.15, 0.2) is 24.3 Å². The number of hydrogen-bond donors (Lipinski definition) is 2. The maximum Gasteiger partial charge on any atom is 0.328 e. The summed E-state index contributed by atoms with van der Waals surface area (Å²) in [5.41, 5.74) is 0.302. The molecule has 108 valence electrons. The Morgan fingerprint density at radius 2 is 2.20 bits per heavy atom. The molecule has 0 spiro atoms. The van der Waals surface area contributed by atoms with Crippen LogP contribution in [0, 0.1) is 5.82 Å². The van der Waals surface area contributed by atoms with E-state index in [-0.39, 0.29) is 5.56 Å². The standard InChI is InChI=1S/C14H16FNO4/c1-20-8-2-7-16-14(19)11-5-3-10(9-12(11)15)4-6-13(17)18/h3-6,9H,2,7-8H2,1H3,(H,16,19)(H,17,18). The summed E-state index contributed by atoms with van der Waals surface area (Å²) in [6.07, 6.45) is 2.80. The lowest BCUT2D eigenvalue weighted by atomic mass is 10.1. The van der Waals surface area contributed by atoms with Gasteiger partial charge >= 0.3 is 5.97 Å². The van der Waals surface area contributed by atoms with Crippen LogP contribution in [-0.2, 0) is 9.53 Å². The van der Waals surface area contributed by atoms with Gasteiger partial charge in [-0.2, -0.15) is 0 Å². The fourth-order valence-corrected chi connectivity index (χ4v) is 1.50. The van der Waals surface area contributed by atoms with Crippen molar-refractivity contribution in [2.45, 2.75) is 6.42 Å². The molecule has 0 bridgehead atoms. The number of carboxylic acids is 1. The lowest BCUT2D eigenvalue weighted by Gasteiger charge is -2.06. The highest BCUT2D eigenvalue weighted by molar-refractivity contribution is 5.94. The first kappa shape index (κ1) is 15.8. The Morgan fingerprint density at radius 3 is 2.80 bits per heavy atom. The second kappa shape index (κ2) is 8.06. The molecule has 1 aromatic carbocycles. The second-order valence-corrected chi connectivity index (χ2v) is 4.01. The van der Waals surface area contributed by atoms with E-state index in [1.165, 1.54) is 18.2 Å². The molecule has 0 aliphatic rings. The van der Waals surface area contributed by atoms with Crippen LogP contribution in [0.25, 0.3) is 6.08 Å². The Balaban J connectivity index is 2.67. The molecule has 20 heavy (non-hydrogen) atoms. The zero-order valence-electron chi connectivity index (χ0n) is 11.1. The molecule has 5 nitrogen and oxygen atoms in total. The van der Waals surface area contributed by atoms with Crippen molar-refractivity contribution in [3.8, 4) is 0 Å². The highest BCUT2D eigenvalue weighted by atomic mass is 19.1. The smallest absolute Gasteiger partial charge is 0.328 e. The summed E-state index contributed by atoms with van der Waals surface area (Å²) < 4.78 is 18.6. The first-order valence-corrected chi connectivity index (χ1v) is 6.02. The average Bonchev–Trinajstić information content (AvgIpc) is 2.41. The lowest BCUT2D eigenvalue weighted by Crippen LogP contribution is -2.26. The topological polar surface area (TPSA) is 75.6 Å². The Bertz CT molecular complexity index is 514. The third-order valence-electron chi connectivity index (χ3n) is 2.47. The first-order valence-electron chi connectivity index (χ1n) is 6.02. The van der Waals surface area contributed by atoms with Crippen LogP contribution in [0.2, 0.25) is 0 Å². The van der Waals surface area contributed by atoms with Crippen molar-refractivity contribution >= 4 is 18.0 Å². The molecule has 2 N–H and O–H groups in total. The van der Waals surface area contributed by atoms with E-state index in [0.717, 1.165) is 12.1 Å². The zero-order chi connectivity index (χ0) is 15.0. The van der Waals surface area contributed by atoms with Gasteiger partial charge in [-0.05, 0) is 30.2 Å². The minimum atomic E-state index is -1.12. The minimum absolute atomic E-state index is 0.0742. The van der Waals surface area contributed by atoms with E-state index in [1.54, 1.807) is 7.11 Å². The Labute approximate surface area is 116 Å². The van der Waals surface area contributed by atoms with Gasteiger partial charge in [-0.1, -0.05) is 6.07 Å². The van der Waals surface area contributed by atoms with Gasteiger partial charge in [0.15, 0.2) is 0 Å². The number of hydrogen-bond acceptors (Lipinski definition) is 3. The van der Waals surface area contributed by atoms with Crippen LogP contribution in [0.1, 0.15) is 22.3 Å². The van der Waals surface area contributed by atoms with Crippen LogP contribution in [0.5, 0.6) is 0 Å². The predicted octanol–water partition coefficient (Wildman–Crippen LogP) is 1.69. The van der Waals surface area contributed by atoms with Crippen molar-refractivity contribution in [2.75, 3.05) is 20.3 Å². The van der Waals surface area contributed by atoms with E-state index < -0.39 is 17.7 Å². The van der Waals surface area contributed by atoms with E-state index in [2.05, 4.69) is 5.32 Å². The Kier molecular flexibility index (Phi) is 6.39. The number of ether oxygens (including phenoxy) is 1. The van der Waals surface area contributed by atoms with Gasteiger partial charge in [0.1, 0.15) is 5.82 Å². The third-order valence-corrected chi connectivity index (χ3v) is 2.47. The molecule has 0 aliphatic heterocycles. The van der Waals surface area contributed by atoms with Crippen molar-refractivity contribution in [3.05, 3.63) is 41.2 Å².